The van der Waals surface area contributed by atoms with E-state index in [1.807, 2.05) is 0 Å². The van der Waals surface area contributed by atoms with Crippen LogP contribution in [-0.4, -0.2) is 23.3 Å². The van der Waals surface area contributed by atoms with E-state index in [2.05, 4.69) is 11.9 Å². The van der Waals surface area contributed by atoms with Gasteiger partial charge in [0.1, 0.15) is 0 Å². The first-order valence-electron chi connectivity index (χ1n) is 4.83. The third kappa shape index (κ3) is 5.39. The van der Waals surface area contributed by atoms with Crippen LogP contribution in [0.25, 0.3) is 0 Å². The van der Waals surface area contributed by atoms with E-state index in [0.29, 0.717) is 0 Å². The second-order valence-corrected chi connectivity index (χ2v) is 3.29. The number of unbranched alkanes of at least 4 members (excludes halogenated alkanes) is 2. The van der Waals surface area contributed by atoms with E-state index in [0.717, 1.165) is 25.1 Å². The van der Waals surface area contributed by atoms with Gasteiger partial charge in [-0.25, -0.2) is 0 Å². The Morgan fingerprint density at radius 1 is 1.46 bits per heavy atom. The monoisotopic (exact) mass is 185 g/mol. The van der Waals surface area contributed by atoms with E-state index in [4.69, 9.17) is 5.11 Å². The third-order valence-electron chi connectivity index (χ3n) is 2.12. The number of hydrogen-bond acceptors (Lipinski definition) is 2. The molecule has 13 heavy (non-hydrogen) atoms. The van der Waals surface area contributed by atoms with Crippen LogP contribution in [0, 0.1) is 5.92 Å². The van der Waals surface area contributed by atoms with E-state index in [-0.39, 0.29) is 0 Å². The number of hydrogen-bond donors (Lipinski definition) is 1. The summed E-state index contributed by atoms with van der Waals surface area (Å²) in [5.41, 5.74) is 0.726. The van der Waals surface area contributed by atoms with Crippen molar-refractivity contribution in [3.8, 4) is 0 Å². The summed E-state index contributed by atoms with van der Waals surface area (Å²) < 4.78 is 0. The largest absolute Gasteiger partial charge is 0.481 e. The normalized spacial score (nSPS) is 14.2. The summed E-state index contributed by atoms with van der Waals surface area (Å²) in [5.74, 6) is -1.24. The van der Waals surface area contributed by atoms with Crippen molar-refractivity contribution in [1.82, 2.24) is 0 Å². The molecule has 0 heterocycles. The molecule has 76 valence electrons. The predicted octanol–water partition coefficient (Wildman–Crippen LogP) is 2.36. The average molecular weight is 185 g/mol. The molecule has 3 nitrogen and oxygen atoms in total. The molecule has 0 aliphatic carbocycles. The molecule has 0 fully saturated rings. The molecule has 0 spiro atoms. The van der Waals surface area contributed by atoms with Crippen molar-refractivity contribution in [3.05, 3.63) is 0 Å². The fourth-order valence-electron chi connectivity index (χ4n) is 0.933. The molecule has 0 aliphatic rings. The van der Waals surface area contributed by atoms with Gasteiger partial charge in [-0.3, -0.25) is 9.79 Å². The molecule has 0 saturated heterocycles. The number of carboxylic acids is 1. The van der Waals surface area contributed by atoms with Gasteiger partial charge in [0.25, 0.3) is 0 Å². The Bertz CT molecular complexity index is 187. The van der Waals surface area contributed by atoms with E-state index in [1.165, 1.54) is 6.42 Å². The van der Waals surface area contributed by atoms with Crippen LogP contribution in [0.15, 0.2) is 4.99 Å². The topological polar surface area (TPSA) is 49.7 Å². The molecular weight excluding hydrogens is 166 g/mol. The van der Waals surface area contributed by atoms with Crippen LogP contribution in [0.5, 0.6) is 0 Å². The second-order valence-electron chi connectivity index (χ2n) is 3.29. The van der Waals surface area contributed by atoms with E-state index in [1.54, 1.807) is 13.8 Å². The van der Waals surface area contributed by atoms with Gasteiger partial charge in [-0.2, -0.15) is 0 Å². The molecule has 1 N–H and O–H groups in total. The Hall–Kier alpha value is -0.860. The first-order valence-corrected chi connectivity index (χ1v) is 4.83. The molecule has 0 aromatic heterocycles. The van der Waals surface area contributed by atoms with Crippen LogP contribution in [0.4, 0.5) is 0 Å². The van der Waals surface area contributed by atoms with Gasteiger partial charge in [-0.1, -0.05) is 19.8 Å². The Labute approximate surface area is 79.9 Å². The molecule has 0 bridgehead atoms. The van der Waals surface area contributed by atoms with Crippen molar-refractivity contribution < 1.29 is 9.90 Å². The number of carboxylic acid groups (broad SMARTS) is 1. The zero-order valence-electron chi connectivity index (χ0n) is 8.71. The van der Waals surface area contributed by atoms with Crippen LogP contribution in [0.3, 0.4) is 0 Å². The number of aliphatic imine (C=N–C) groups is 1. The molecule has 0 aromatic carbocycles. The minimum absolute atomic E-state index is 0.443. The highest BCUT2D eigenvalue weighted by Crippen LogP contribution is 2.01. The number of aliphatic carboxylic acids is 1. The van der Waals surface area contributed by atoms with Crippen molar-refractivity contribution in [1.29, 1.82) is 0 Å². The Kier molecular flexibility index (Phi) is 6.20. The SMILES string of the molecule is CCCCC/N=C(/C)C(C)C(=O)O. The van der Waals surface area contributed by atoms with Crippen LogP contribution in [0.1, 0.15) is 40.0 Å². The summed E-state index contributed by atoms with van der Waals surface area (Å²) in [7, 11) is 0. The summed E-state index contributed by atoms with van der Waals surface area (Å²) in [4.78, 5) is 14.8. The Balaban J connectivity index is 3.80. The minimum atomic E-state index is -0.795. The molecule has 1 atom stereocenters. The van der Waals surface area contributed by atoms with Gasteiger partial charge in [-0.15, -0.1) is 0 Å². The summed E-state index contributed by atoms with van der Waals surface area (Å²) in [6.45, 7) is 6.35. The van der Waals surface area contributed by atoms with Crippen molar-refractivity contribution in [2.24, 2.45) is 10.9 Å². The third-order valence-corrected chi connectivity index (χ3v) is 2.12. The maximum atomic E-state index is 10.5. The lowest BCUT2D eigenvalue weighted by Gasteiger charge is -2.04. The molecule has 0 rings (SSSR count). The molecule has 0 amide bonds. The highest BCUT2D eigenvalue weighted by atomic mass is 16.4. The number of nitrogens with zero attached hydrogens (tertiary/aromatic N) is 1. The van der Waals surface area contributed by atoms with Gasteiger partial charge >= 0.3 is 5.97 Å². The highest BCUT2D eigenvalue weighted by Gasteiger charge is 2.13. The van der Waals surface area contributed by atoms with Crippen LogP contribution >= 0.6 is 0 Å². The standard InChI is InChI=1S/C10H19NO2/c1-4-5-6-7-11-9(3)8(2)10(12)13/h8H,4-7H2,1-3H3,(H,12,13)/b11-9-. The van der Waals surface area contributed by atoms with Crippen LogP contribution < -0.4 is 0 Å². The highest BCUT2D eigenvalue weighted by molar-refractivity contribution is 5.99. The second kappa shape index (κ2) is 6.63. The van der Waals surface area contributed by atoms with Crippen LogP contribution in [-0.2, 0) is 4.79 Å². The molecule has 0 radical (unpaired) electrons. The Morgan fingerprint density at radius 2 is 2.08 bits per heavy atom. The first kappa shape index (κ1) is 12.1. The fraction of sp³-hybridized carbons (Fsp3) is 0.800. The molecule has 1 unspecified atom stereocenters. The zero-order valence-corrected chi connectivity index (χ0v) is 8.71. The molecule has 3 heteroatoms. The van der Waals surface area contributed by atoms with Gasteiger partial charge in [-0.05, 0) is 20.3 Å². The van der Waals surface area contributed by atoms with Crippen molar-refractivity contribution >= 4 is 11.7 Å². The van der Waals surface area contributed by atoms with Gasteiger partial charge in [0.15, 0.2) is 0 Å². The van der Waals surface area contributed by atoms with Crippen LogP contribution in [0.2, 0.25) is 0 Å². The molecule has 0 saturated carbocycles. The lowest BCUT2D eigenvalue weighted by Crippen LogP contribution is -2.18. The van der Waals surface area contributed by atoms with Crippen molar-refractivity contribution in [2.75, 3.05) is 6.54 Å². The van der Waals surface area contributed by atoms with E-state index < -0.39 is 11.9 Å². The Morgan fingerprint density at radius 3 is 2.54 bits per heavy atom. The molecule has 0 aliphatic heterocycles. The van der Waals surface area contributed by atoms with E-state index >= 15 is 0 Å². The van der Waals surface area contributed by atoms with Gasteiger partial charge in [0.05, 0.1) is 5.92 Å². The van der Waals surface area contributed by atoms with E-state index in [9.17, 15) is 4.79 Å². The average Bonchev–Trinajstić information content (AvgIpc) is 2.10. The van der Waals surface area contributed by atoms with Gasteiger partial charge in [0.2, 0.25) is 0 Å². The molecule has 0 aromatic rings. The fourth-order valence-corrected chi connectivity index (χ4v) is 0.933. The van der Waals surface area contributed by atoms with Gasteiger partial charge in [0, 0.05) is 12.3 Å². The summed E-state index contributed by atoms with van der Waals surface area (Å²) >= 11 is 0. The minimum Gasteiger partial charge on any atom is -0.481 e. The lowest BCUT2D eigenvalue weighted by atomic mass is 10.1. The lowest BCUT2D eigenvalue weighted by molar-refractivity contribution is -0.138. The van der Waals surface area contributed by atoms with Gasteiger partial charge < -0.3 is 5.11 Å². The summed E-state index contributed by atoms with van der Waals surface area (Å²) in [6, 6.07) is 0. The van der Waals surface area contributed by atoms with Crippen molar-refractivity contribution in [2.45, 2.75) is 40.0 Å². The summed E-state index contributed by atoms with van der Waals surface area (Å²) in [5, 5.41) is 8.67. The maximum absolute atomic E-state index is 10.5. The number of carbonyl (C=O) groups is 1. The zero-order chi connectivity index (χ0) is 10.3. The van der Waals surface area contributed by atoms with Crippen molar-refractivity contribution in [3.63, 3.8) is 0 Å². The smallest absolute Gasteiger partial charge is 0.311 e. The first-order chi connectivity index (χ1) is 6.09. The summed E-state index contributed by atoms with van der Waals surface area (Å²) in [6.07, 6.45) is 3.39. The predicted molar refractivity (Wildman–Crippen MR) is 54.3 cm³/mol. The quantitative estimate of drug-likeness (QED) is 0.510. The maximum Gasteiger partial charge on any atom is 0.311 e. The molecular formula is C10H19NO2. The number of rotatable bonds is 6.